The summed E-state index contributed by atoms with van der Waals surface area (Å²) in [6.07, 6.45) is 5.13. The molecule has 12 heteroatoms. The van der Waals surface area contributed by atoms with Crippen molar-refractivity contribution in [2.24, 2.45) is 0 Å². The lowest BCUT2D eigenvalue weighted by Gasteiger charge is -2.21. The molecule has 0 amide bonds. The van der Waals surface area contributed by atoms with Gasteiger partial charge < -0.3 is 4.74 Å². The van der Waals surface area contributed by atoms with Crippen molar-refractivity contribution in [3.63, 3.8) is 0 Å². The molecule has 2 heterocycles. The van der Waals surface area contributed by atoms with Gasteiger partial charge in [0.1, 0.15) is 6.07 Å². The predicted octanol–water partition coefficient (Wildman–Crippen LogP) is 3.02. The van der Waals surface area contributed by atoms with Crippen LogP contribution >= 0.6 is 23.2 Å². The first-order chi connectivity index (χ1) is 15.4. The van der Waals surface area contributed by atoms with Crippen molar-refractivity contribution in [3.8, 4) is 23.4 Å². The van der Waals surface area contributed by atoms with E-state index >= 15 is 0 Å². The molecule has 0 atom stereocenters. The average Bonchev–Trinajstić information content (AvgIpc) is 2.78. The summed E-state index contributed by atoms with van der Waals surface area (Å²) in [5.41, 5.74) is -1.80. The van der Waals surface area contributed by atoms with E-state index in [0.29, 0.717) is 5.56 Å². The molecule has 0 bridgehead atoms. The molecule has 0 aliphatic heterocycles. The minimum absolute atomic E-state index is 0.0260. The molecule has 164 valence electrons. The minimum atomic E-state index is -0.899. The first kappa shape index (κ1) is 21.8. The number of hydrogen-bond acceptors (Lipinski definition) is 7. The summed E-state index contributed by atoms with van der Waals surface area (Å²) in [6, 6.07) is 5.86. The van der Waals surface area contributed by atoms with Crippen molar-refractivity contribution in [2.45, 2.75) is 38.0 Å². The Labute approximate surface area is 190 Å². The Bertz CT molecular complexity index is 1380. The Kier molecular flexibility index (Phi) is 6.12. The summed E-state index contributed by atoms with van der Waals surface area (Å²) in [6.45, 7) is 0. The highest BCUT2D eigenvalue weighted by atomic mass is 35.5. The molecular weight excluding hydrogens is 459 g/mol. The monoisotopic (exact) mass is 474 g/mol. The van der Waals surface area contributed by atoms with E-state index in [9.17, 15) is 14.4 Å². The van der Waals surface area contributed by atoms with Gasteiger partial charge in [0.15, 0.2) is 5.75 Å². The van der Waals surface area contributed by atoms with E-state index in [1.807, 2.05) is 4.98 Å². The van der Waals surface area contributed by atoms with Crippen molar-refractivity contribution >= 4 is 23.2 Å². The third kappa shape index (κ3) is 4.30. The number of aromatic amines is 2. The molecular formula is C20H16Cl2N6O4. The van der Waals surface area contributed by atoms with Crippen molar-refractivity contribution in [1.82, 2.24) is 25.0 Å². The number of aromatic nitrogens is 5. The van der Waals surface area contributed by atoms with Gasteiger partial charge in [-0.2, -0.15) is 9.94 Å². The van der Waals surface area contributed by atoms with E-state index in [0.717, 1.165) is 36.8 Å². The smallest absolute Gasteiger partial charge is 0.349 e. The van der Waals surface area contributed by atoms with Crippen LogP contribution < -0.4 is 21.5 Å². The highest BCUT2D eigenvalue weighted by molar-refractivity contribution is 6.37. The van der Waals surface area contributed by atoms with Crippen molar-refractivity contribution in [1.29, 1.82) is 5.26 Å². The van der Waals surface area contributed by atoms with Gasteiger partial charge in [0.2, 0.25) is 11.6 Å². The van der Waals surface area contributed by atoms with Gasteiger partial charge in [-0.15, -0.1) is 10.2 Å². The Balaban J connectivity index is 1.69. The fourth-order valence-electron chi connectivity index (χ4n) is 3.69. The second-order valence-corrected chi connectivity index (χ2v) is 8.11. The summed E-state index contributed by atoms with van der Waals surface area (Å²) in [4.78, 5) is 37.9. The molecule has 10 nitrogen and oxygen atoms in total. The second kappa shape index (κ2) is 8.98. The van der Waals surface area contributed by atoms with Crippen LogP contribution in [0.5, 0.6) is 11.6 Å². The van der Waals surface area contributed by atoms with E-state index in [1.165, 1.54) is 12.1 Å². The van der Waals surface area contributed by atoms with E-state index in [2.05, 4.69) is 15.3 Å². The third-order valence-electron chi connectivity index (χ3n) is 5.22. The van der Waals surface area contributed by atoms with E-state index in [4.69, 9.17) is 33.2 Å². The van der Waals surface area contributed by atoms with Crippen LogP contribution in [0.3, 0.4) is 0 Å². The van der Waals surface area contributed by atoms with Crippen LogP contribution in [0, 0.1) is 11.3 Å². The fourth-order valence-corrected chi connectivity index (χ4v) is 4.24. The quantitative estimate of drug-likeness (QED) is 0.590. The first-order valence-electron chi connectivity index (χ1n) is 9.78. The Hall–Kier alpha value is -3.42. The molecule has 2 aromatic heterocycles. The number of ether oxygens (including phenoxy) is 1. The Morgan fingerprint density at radius 2 is 1.75 bits per heavy atom. The van der Waals surface area contributed by atoms with Gasteiger partial charge in [-0.1, -0.05) is 42.5 Å². The third-order valence-corrected chi connectivity index (χ3v) is 5.78. The van der Waals surface area contributed by atoms with Gasteiger partial charge in [-0.25, -0.2) is 9.89 Å². The molecule has 0 saturated heterocycles. The molecule has 1 aromatic carbocycles. The normalized spacial score (nSPS) is 14.2. The van der Waals surface area contributed by atoms with Crippen LogP contribution in [-0.4, -0.2) is 25.0 Å². The summed E-state index contributed by atoms with van der Waals surface area (Å²) in [5.74, 6) is 0.315. The lowest BCUT2D eigenvalue weighted by Crippen LogP contribution is -2.33. The summed E-state index contributed by atoms with van der Waals surface area (Å²) in [5, 5.41) is 19.1. The molecule has 2 N–H and O–H groups in total. The van der Waals surface area contributed by atoms with E-state index < -0.39 is 16.9 Å². The largest absolute Gasteiger partial charge is 0.434 e. The van der Waals surface area contributed by atoms with Crippen molar-refractivity contribution in [3.05, 3.63) is 70.7 Å². The van der Waals surface area contributed by atoms with Gasteiger partial charge in [-0.3, -0.25) is 14.6 Å². The van der Waals surface area contributed by atoms with Crippen LogP contribution in [0.2, 0.25) is 10.0 Å². The molecule has 1 aliphatic carbocycles. The van der Waals surface area contributed by atoms with Gasteiger partial charge in [0, 0.05) is 11.6 Å². The topological polar surface area (TPSA) is 147 Å². The van der Waals surface area contributed by atoms with E-state index in [1.54, 1.807) is 12.1 Å². The molecule has 0 radical (unpaired) electrons. The first-order valence-corrected chi connectivity index (χ1v) is 10.5. The summed E-state index contributed by atoms with van der Waals surface area (Å²) in [7, 11) is 0. The zero-order chi connectivity index (χ0) is 22.8. The number of hydrogen-bond donors (Lipinski definition) is 2. The van der Waals surface area contributed by atoms with Crippen LogP contribution in [0.1, 0.15) is 49.3 Å². The summed E-state index contributed by atoms with van der Waals surface area (Å²) >= 11 is 12.6. The number of halogens is 2. The molecule has 0 spiro atoms. The maximum absolute atomic E-state index is 12.3. The van der Waals surface area contributed by atoms with E-state index in [-0.39, 0.29) is 38.8 Å². The maximum atomic E-state index is 12.3. The molecule has 0 unspecified atom stereocenters. The highest BCUT2D eigenvalue weighted by Gasteiger charge is 2.21. The van der Waals surface area contributed by atoms with Crippen molar-refractivity contribution in [2.75, 3.05) is 0 Å². The zero-order valence-corrected chi connectivity index (χ0v) is 18.0. The molecule has 32 heavy (non-hydrogen) atoms. The van der Waals surface area contributed by atoms with Crippen LogP contribution in [0.4, 0.5) is 0 Å². The molecule has 1 saturated carbocycles. The number of benzene rings is 1. The predicted molar refractivity (Wildman–Crippen MR) is 116 cm³/mol. The number of nitrogens with zero attached hydrogens (tertiary/aromatic N) is 4. The number of rotatable bonds is 4. The fraction of sp³-hybridized carbons (Fsp3) is 0.300. The number of nitrogens with one attached hydrogen (secondary N) is 2. The maximum Gasteiger partial charge on any atom is 0.349 e. The van der Waals surface area contributed by atoms with Crippen LogP contribution in [0.15, 0.2) is 32.6 Å². The highest BCUT2D eigenvalue weighted by Crippen LogP contribution is 2.38. The molecule has 4 rings (SSSR count). The van der Waals surface area contributed by atoms with Crippen LogP contribution in [-0.2, 0) is 0 Å². The SMILES string of the molecule is N#Cc1nn(-c2cc(Cl)c(Oc3cc(C4CCCCC4)c(=O)[nH]n3)c(Cl)c2)c(=O)[nH]c1=O. The number of nitriles is 1. The van der Waals surface area contributed by atoms with Gasteiger partial charge in [-0.05, 0) is 30.9 Å². The lowest BCUT2D eigenvalue weighted by molar-refractivity contribution is 0.427. The lowest BCUT2D eigenvalue weighted by atomic mass is 9.85. The van der Waals surface area contributed by atoms with Crippen LogP contribution in [0.25, 0.3) is 5.69 Å². The standard InChI is InChI=1S/C20H16Cl2N6O4/c21-13-6-11(28-20(31)24-19(30)15(9-23)27-28)7-14(22)17(13)32-16-8-12(18(29)26-25-16)10-4-2-1-3-5-10/h6-8,10H,1-5H2,(H,26,29)(H,24,30,31). The average molecular weight is 475 g/mol. The van der Waals surface area contributed by atoms with Gasteiger partial charge >= 0.3 is 5.69 Å². The molecule has 3 aromatic rings. The Morgan fingerprint density at radius 1 is 1.06 bits per heavy atom. The summed E-state index contributed by atoms with van der Waals surface area (Å²) < 4.78 is 6.54. The number of H-pyrrole nitrogens is 2. The van der Waals surface area contributed by atoms with Gasteiger partial charge in [0.25, 0.3) is 11.1 Å². The molecule has 1 aliphatic rings. The zero-order valence-electron chi connectivity index (χ0n) is 16.5. The van der Waals surface area contributed by atoms with Crippen molar-refractivity contribution < 1.29 is 4.74 Å². The Morgan fingerprint density at radius 3 is 2.41 bits per heavy atom. The second-order valence-electron chi connectivity index (χ2n) is 7.30. The minimum Gasteiger partial charge on any atom is -0.434 e. The van der Waals surface area contributed by atoms with Gasteiger partial charge in [0.05, 0.1) is 15.7 Å². The molecule has 1 fully saturated rings.